The molecule has 2 atom stereocenters. The summed E-state index contributed by atoms with van der Waals surface area (Å²) in [5.41, 5.74) is 2.22. The molecular weight excluding hydrogens is 180 g/mol. The maximum Gasteiger partial charge on any atom is 0.271 e. The number of nitro benzene ring substituents is 1. The fourth-order valence-electron chi connectivity index (χ4n) is 1.82. The fraction of sp³-hybridized carbons (Fsp3) is 0.400. The Morgan fingerprint density at radius 2 is 2.14 bits per heavy atom. The SMILES string of the molecule is CC1Nc2cc([N+](=O)[O-])ccc2C1C. The Morgan fingerprint density at radius 1 is 1.43 bits per heavy atom. The summed E-state index contributed by atoms with van der Waals surface area (Å²) >= 11 is 0. The molecule has 74 valence electrons. The first-order chi connectivity index (χ1) is 6.59. The van der Waals surface area contributed by atoms with Crippen LogP contribution in [0.2, 0.25) is 0 Å². The smallest absolute Gasteiger partial charge is 0.271 e. The number of nitrogens with one attached hydrogen (secondary N) is 1. The molecule has 0 spiro atoms. The van der Waals surface area contributed by atoms with E-state index in [2.05, 4.69) is 19.2 Å². The van der Waals surface area contributed by atoms with Gasteiger partial charge in [-0.05, 0) is 18.6 Å². The van der Waals surface area contributed by atoms with Crippen LogP contribution in [0.3, 0.4) is 0 Å². The highest BCUT2D eigenvalue weighted by Gasteiger charge is 2.26. The third-order valence-electron chi connectivity index (χ3n) is 2.87. The van der Waals surface area contributed by atoms with Crippen molar-refractivity contribution < 1.29 is 4.92 Å². The van der Waals surface area contributed by atoms with E-state index in [1.165, 1.54) is 5.56 Å². The lowest BCUT2D eigenvalue weighted by Gasteiger charge is -2.08. The second-order valence-electron chi connectivity index (χ2n) is 3.75. The highest BCUT2D eigenvalue weighted by Crippen LogP contribution is 2.37. The van der Waals surface area contributed by atoms with E-state index in [-0.39, 0.29) is 10.6 Å². The van der Waals surface area contributed by atoms with Gasteiger partial charge in [-0.1, -0.05) is 6.92 Å². The monoisotopic (exact) mass is 192 g/mol. The fourth-order valence-corrected chi connectivity index (χ4v) is 1.82. The van der Waals surface area contributed by atoms with Gasteiger partial charge >= 0.3 is 0 Å². The Labute approximate surface area is 82.1 Å². The third kappa shape index (κ3) is 1.23. The minimum atomic E-state index is -0.365. The number of benzene rings is 1. The number of nitrogens with zero attached hydrogens (tertiary/aromatic N) is 1. The zero-order valence-corrected chi connectivity index (χ0v) is 8.15. The Kier molecular flexibility index (Phi) is 1.91. The Morgan fingerprint density at radius 3 is 2.79 bits per heavy atom. The van der Waals surface area contributed by atoms with Crippen LogP contribution in [0.15, 0.2) is 18.2 Å². The van der Waals surface area contributed by atoms with E-state index in [0.29, 0.717) is 12.0 Å². The number of hydrogen-bond acceptors (Lipinski definition) is 3. The summed E-state index contributed by atoms with van der Waals surface area (Å²) in [4.78, 5) is 10.2. The summed E-state index contributed by atoms with van der Waals surface area (Å²) in [6.07, 6.45) is 0. The largest absolute Gasteiger partial charge is 0.382 e. The summed E-state index contributed by atoms with van der Waals surface area (Å²) in [7, 11) is 0. The van der Waals surface area contributed by atoms with Crippen molar-refractivity contribution in [3.63, 3.8) is 0 Å². The molecule has 2 unspecified atom stereocenters. The lowest BCUT2D eigenvalue weighted by molar-refractivity contribution is -0.384. The molecule has 1 N–H and O–H groups in total. The molecule has 0 saturated carbocycles. The third-order valence-corrected chi connectivity index (χ3v) is 2.87. The Balaban J connectivity index is 2.44. The molecule has 0 aromatic heterocycles. The molecule has 0 amide bonds. The van der Waals surface area contributed by atoms with Crippen LogP contribution in [0.1, 0.15) is 25.3 Å². The van der Waals surface area contributed by atoms with Crippen molar-refractivity contribution in [2.75, 3.05) is 5.32 Å². The molecule has 14 heavy (non-hydrogen) atoms. The quantitative estimate of drug-likeness (QED) is 0.549. The van der Waals surface area contributed by atoms with Crippen LogP contribution < -0.4 is 5.32 Å². The van der Waals surface area contributed by atoms with Gasteiger partial charge in [0.25, 0.3) is 5.69 Å². The number of non-ortho nitro benzene ring substituents is 1. The maximum absolute atomic E-state index is 10.5. The molecule has 0 radical (unpaired) electrons. The average Bonchev–Trinajstić information content (AvgIpc) is 2.42. The van der Waals surface area contributed by atoms with Crippen LogP contribution in [0.25, 0.3) is 0 Å². The van der Waals surface area contributed by atoms with Crippen LogP contribution in [-0.4, -0.2) is 11.0 Å². The molecule has 1 aromatic carbocycles. The molecule has 1 aliphatic rings. The molecule has 4 heteroatoms. The number of rotatable bonds is 1. The number of hydrogen-bond donors (Lipinski definition) is 1. The number of anilines is 1. The number of nitro groups is 1. The van der Waals surface area contributed by atoms with Gasteiger partial charge in [-0.25, -0.2) is 0 Å². The van der Waals surface area contributed by atoms with E-state index < -0.39 is 0 Å². The van der Waals surface area contributed by atoms with Gasteiger partial charge in [-0.3, -0.25) is 10.1 Å². The molecule has 0 bridgehead atoms. The van der Waals surface area contributed by atoms with Crippen molar-refractivity contribution in [1.82, 2.24) is 0 Å². The van der Waals surface area contributed by atoms with Crippen molar-refractivity contribution in [3.8, 4) is 0 Å². The van der Waals surface area contributed by atoms with Crippen molar-refractivity contribution in [3.05, 3.63) is 33.9 Å². The minimum Gasteiger partial charge on any atom is -0.382 e. The molecule has 0 aliphatic carbocycles. The normalized spacial score (nSPS) is 24.1. The molecule has 4 nitrogen and oxygen atoms in total. The topological polar surface area (TPSA) is 55.2 Å². The zero-order chi connectivity index (χ0) is 10.3. The molecule has 2 rings (SSSR count). The van der Waals surface area contributed by atoms with Gasteiger partial charge in [0.2, 0.25) is 0 Å². The predicted octanol–water partition coefficient (Wildman–Crippen LogP) is 2.51. The first-order valence-corrected chi connectivity index (χ1v) is 4.64. The van der Waals surface area contributed by atoms with E-state index >= 15 is 0 Å². The molecule has 0 saturated heterocycles. The van der Waals surface area contributed by atoms with Crippen LogP contribution >= 0.6 is 0 Å². The van der Waals surface area contributed by atoms with Crippen molar-refractivity contribution in [2.45, 2.75) is 25.8 Å². The number of fused-ring (bicyclic) bond motifs is 1. The zero-order valence-electron chi connectivity index (χ0n) is 8.15. The summed E-state index contributed by atoms with van der Waals surface area (Å²) in [6.45, 7) is 4.20. The lowest BCUT2D eigenvalue weighted by Crippen LogP contribution is -2.12. The van der Waals surface area contributed by atoms with Gasteiger partial charge in [0, 0.05) is 29.8 Å². The second-order valence-corrected chi connectivity index (χ2v) is 3.75. The highest BCUT2D eigenvalue weighted by molar-refractivity contribution is 5.63. The van der Waals surface area contributed by atoms with Crippen LogP contribution in [0, 0.1) is 10.1 Å². The Hall–Kier alpha value is -1.58. The molecule has 1 aliphatic heterocycles. The Bertz CT molecular complexity index is 390. The minimum absolute atomic E-state index is 0.151. The van der Waals surface area contributed by atoms with E-state index in [9.17, 15) is 10.1 Å². The van der Waals surface area contributed by atoms with Crippen LogP contribution in [0.5, 0.6) is 0 Å². The predicted molar refractivity (Wildman–Crippen MR) is 54.6 cm³/mol. The molecular formula is C10H12N2O2. The van der Waals surface area contributed by atoms with Crippen molar-refractivity contribution in [2.24, 2.45) is 0 Å². The van der Waals surface area contributed by atoms with E-state index in [1.54, 1.807) is 12.1 Å². The van der Waals surface area contributed by atoms with Crippen molar-refractivity contribution >= 4 is 11.4 Å². The average molecular weight is 192 g/mol. The highest BCUT2D eigenvalue weighted by atomic mass is 16.6. The van der Waals surface area contributed by atoms with Gasteiger partial charge < -0.3 is 5.32 Å². The second kappa shape index (κ2) is 2.97. The summed E-state index contributed by atoms with van der Waals surface area (Å²) in [6, 6.07) is 5.37. The molecule has 1 aromatic rings. The van der Waals surface area contributed by atoms with Gasteiger partial charge in [0.1, 0.15) is 0 Å². The van der Waals surface area contributed by atoms with Gasteiger partial charge in [0.15, 0.2) is 0 Å². The summed E-state index contributed by atoms with van der Waals surface area (Å²) in [5.74, 6) is 0.422. The van der Waals surface area contributed by atoms with E-state index in [1.807, 2.05) is 6.07 Å². The van der Waals surface area contributed by atoms with Gasteiger partial charge in [0.05, 0.1) is 4.92 Å². The molecule has 0 fully saturated rings. The van der Waals surface area contributed by atoms with E-state index in [0.717, 1.165) is 5.69 Å². The first-order valence-electron chi connectivity index (χ1n) is 4.64. The summed E-state index contributed by atoms with van der Waals surface area (Å²) in [5, 5.41) is 13.8. The molecule has 1 heterocycles. The standard InChI is InChI=1S/C10H12N2O2/c1-6-7(2)11-10-5-8(12(13)14)3-4-9(6)10/h3-7,11H,1-2H3. The van der Waals surface area contributed by atoms with Gasteiger partial charge in [-0.15, -0.1) is 0 Å². The van der Waals surface area contributed by atoms with Crippen LogP contribution in [-0.2, 0) is 0 Å². The summed E-state index contributed by atoms with van der Waals surface area (Å²) < 4.78 is 0. The lowest BCUT2D eigenvalue weighted by atomic mass is 9.98. The van der Waals surface area contributed by atoms with Crippen LogP contribution in [0.4, 0.5) is 11.4 Å². The van der Waals surface area contributed by atoms with Gasteiger partial charge in [-0.2, -0.15) is 0 Å². The first kappa shape index (κ1) is 8.99. The maximum atomic E-state index is 10.5. The van der Waals surface area contributed by atoms with E-state index in [4.69, 9.17) is 0 Å². The van der Waals surface area contributed by atoms with Crippen molar-refractivity contribution in [1.29, 1.82) is 0 Å².